The SMILES string of the molecule is Cn1nc(-c2ccc(F)cc2)c(NS(=O)(=O)Cc2ccc(C#N)cc2)c1C(=O)O. The molecule has 0 saturated carbocycles. The highest BCUT2D eigenvalue weighted by atomic mass is 32.2. The number of hydrogen-bond donors (Lipinski definition) is 2. The summed E-state index contributed by atoms with van der Waals surface area (Å²) in [6.45, 7) is 0. The highest BCUT2D eigenvalue weighted by Crippen LogP contribution is 2.31. The number of rotatable bonds is 6. The van der Waals surface area contributed by atoms with Gasteiger partial charge >= 0.3 is 5.97 Å². The molecular formula is C19H15FN4O4S. The predicted octanol–water partition coefficient (Wildman–Crippen LogP) is 2.74. The maximum Gasteiger partial charge on any atom is 0.356 e. The van der Waals surface area contributed by atoms with Gasteiger partial charge in [-0.2, -0.15) is 10.4 Å². The largest absolute Gasteiger partial charge is 0.476 e. The first-order valence-corrected chi connectivity index (χ1v) is 9.91. The van der Waals surface area contributed by atoms with Crippen molar-refractivity contribution in [3.05, 3.63) is 71.2 Å². The number of nitrogens with one attached hydrogen (secondary N) is 1. The summed E-state index contributed by atoms with van der Waals surface area (Å²) in [4.78, 5) is 11.7. The maximum atomic E-state index is 13.2. The standard InChI is InChI=1S/C19H15FN4O4S/c1-24-18(19(25)26)17(16(22-24)14-6-8-15(20)9-7-14)23-29(27,28)11-13-4-2-12(10-21)3-5-13/h2-9,23H,11H2,1H3,(H,25,26). The van der Waals surface area contributed by atoms with E-state index in [1.54, 1.807) is 0 Å². The Morgan fingerprint density at radius 2 is 1.83 bits per heavy atom. The van der Waals surface area contributed by atoms with Gasteiger partial charge in [0, 0.05) is 12.6 Å². The lowest BCUT2D eigenvalue weighted by Crippen LogP contribution is -2.18. The van der Waals surface area contributed by atoms with Gasteiger partial charge in [0.05, 0.1) is 17.4 Å². The highest BCUT2D eigenvalue weighted by Gasteiger charge is 2.26. The minimum atomic E-state index is -4.01. The van der Waals surface area contributed by atoms with Crippen molar-refractivity contribution in [2.45, 2.75) is 5.75 Å². The summed E-state index contributed by atoms with van der Waals surface area (Å²) in [5.74, 6) is -2.30. The van der Waals surface area contributed by atoms with E-state index in [9.17, 15) is 22.7 Å². The van der Waals surface area contributed by atoms with Gasteiger partial charge in [0.2, 0.25) is 10.0 Å². The number of carboxylic acid groups (broad SMARTS) is 1. The van der Waals surface area contributed by atoms with Crippen molar-refractivity contribution in [1.82, 2.24) is 9.78 Å². The minimum absolute atomic E-state index is 0.0632. The molecule has 0 bridgehead atoms. The first kappa shape index (κ1) is 20.0. The van der Waals surface area contributed by atoms with Crippen LogP contribution in [-0.4, -0.2) is 29.3 Å². The average Bonchev–Trinajstić information content (AvgIpc) is 2.98. The topological polar surface area (TPSA) is 125 Å². The maximum absolute atomic E-state index is 13.2. The molecule has 0 saturated heterocycles. The Kier molecular flexibility index (Phi) is 5.34. The number of sulfonamides is 1. The summed E-state index contributed by atoms with van der Waals surface area (Å²) in [5.41, 5.74) is 0.658. The quantitative estimate of drug-likeness (QED) is 0.639. The number of halogens is 1. The summed E-state index contributed by atoms with van der Waals surface area (Å²) in [7, 11) is -2.64. The molecule has 2 N–H and O–H groups in total. The normalized spacial score (nSPS) is 11.1. The summed E-state index contributed by atoms with van der Waals surface area (Å²) < 4.78 is 41.9. The number of hydrogen-bond acceptors (Lipinski definition) is 5. The molecule has 29 heavy (non-hydrogen) atoms. The summed E-state index contributed by atoms with van der Waals surface area (Å²) in [5, 5.41) is 22.4. The number of carboxylic acids is 1. The molecular weight excluding hydrogens is 399 g/mol. The van der Waals surface area contributed by atoms with Crippen molar-refractivity contribution < 1.29 is 22.7 Å². The van der Waals surface area contributed by atoms with E-state index < -0.39 is 27.6 Å². The van der Waals surface area contributed by atoms with E-state index in [4.69, 9.17) is 5.26 Å². The van der Waals surface area contributed by atoms with Gasteiger partial charge in [0.25, 0.3) is 0 Å². The van der Waals surface area contributed by atoms with E-state index in [2.05, 4.69) is 9.82 Å². The van der Waals surface area contributed by atoms with E-state index in [-0.39, 0.29) is 17.1 Å². The third-order valence-electron chi connectivity index (χ3n) is 4.06. The molecule has 0 fully saturated rings. The fourth-order valence-electron chi connectivity index (χ4n) is 2.76. The highest BCUT2D eigenvalue weighted by molar-refractivity contribution is 7.91. The molecule has 10 heteroatoms. The second-order valence-electron chi connectivity index (χ2n) is 6.18. The first-order chi connectivity index (χ1) is 13.7. The average molecular weight is 414 g/mol. The van der Waals surface area contributed by atoms with Gasteiger partial charge in [-0.15, -0.1) is 0 Å². The van der Waals surface area contributed by atoms with Gasteiger partial charge in [-0.3, -0.25) is 9.40 Å². The third kappa shape index (κ3) is 4.41. The minimum Gasteiger partial charge on any atom is -0.476 e. The van der Waals surface area contributed by atoms with Crippen LogP contribution < -0.4 is 4.72 Å². The monoisotopic (exact) mass is 414 g/mol. The number of benzene rings is 2. The molecule has 8 nitrogen and oxygen atoms in total. The zero-order chi connectivity index (χ0) is 21.2. The molecule has 0 radical (unpaired) electrons. The van der Waals surface area contributed by atoms with Crippen molar-refractivity contribution in [3.63, 3.8) is 0 Å². The Balaban J connectivity index is 2.00. The Morgan fingerprint density at radius 3 is 2.38 bits per heavy atom. The molecule has 3 rings (SSSR count). The summed E-state index contributed by atoms with van der Waals surface area (Å²) in [6.07, 6.45) is 0. The van der Waals surface area contributed by atoms with Gasteiger partial charge < -0.3 is 5.11 Å². The van der Waals surface area contributed by atoms with Crippen LogP contribution in [0.3, 0.4) is 0 Å². The van der Waals surface area contributed by atoms with Crippen LogP contribution >= 0.6 is 0 Å². The number of nitrogens with zero attached hydrogens (tertiary/aromatic N) is 3. The smallest absolute Gasteiger partial charge is 0.356 e. The number of nitriles is 1. The molecule has 0 unspecified atom stereocenters. The fourth-order valence-corrected chi connectivity index (χ4v) is 3.97. The van der Waals surface area contributed by atoms with Crippen LogP contribution in [0.1, 0.15) is 21.6 Å². The number of aryl methyl sites for hydroxylation is 1. The van der Waals surface area contributed by atoms with Gasteiger partial charge in [-0.1, -0.05) is 12.1 Å². The van der Waals surface area contributed by atoms with E-state index >= 15 is 0 Å². The number of aromatic carboxylic acids is 1. The molecule has 0 atom stereocenters. The van der Waals surface area contributed by atoms with Crippen molar-refractivity contribution >= 4 is 21.7 Å². The Labute approximate surface area is 165 Å². The van der Waals surface area contributed by atoms with Crippen molar-refractivity contribution in [2.24, 2.45) is 7.05 Å². The Hall–Kier alpha value is -3.71. The van der Waals surface area contributed by atoms with Crippen molar-refractivity contribution in [2.75, 3.05) is 4.72 Å². The van der Waals surface area contributed by atoms with Gasteiger partial charge in [0.1, 0.15) is 17.2 Å². The molecule has 1 heterocycles. The van der Waals surface area contributed by atoms with Crippen molar-refractivity contribution in [3.8, 4) is 17.3 Å². The van der Waals surface area contributed by atoms with Gasteiger partial charge in [-0.25, -0.2) is 17.6 Å². The Bertz CT molecular complexity index is 1210. The Morgan fingerprint density at radius 1 is 1.21 bits per heavy atom. The first-order valence-electron chi connectivity index (χ1n) is 8.26. The number of aromatic nitrogens is 2. The van der Waals surface area contributed by atoms with Gasteiger partial charge in [-0.05, 0) is 42.0 Å². The predicted molar refractivity (Wildman–Crippen MR) is 103 cm³/mol. The van der Waals surface area contributed by atoms with Crippen LogP contribution in [-0.2, 0) is 22.8 Å². The van der Waals surface area contributed by atoms with Gasteiger partial charge in [0.15, 0.2) is 5.69 Å². The second-order valence-corrected chi connectivity index (χ2v) is 7.90. The molecule has 2 aromatic carbocycles. The van der Waals surface area contributed by atoms with Crippen LogP contribution in [0.2, 0.25) is 0 Å². The molecule has 0 aliphatic carbocycles. The zero-order valence-corrected chi connectivity index (χ0v) is 15.9. The summed E-state index contributed by atoms with van der Waals surface area (Å²) in [6, 6.07) is 13.0. The number of carbonyl (C=O) groups is 1. The third-order valence-corrected chi connectivity index (χ3v) is 5.29. The van der Waals surface area contributed by atoms with Crippen LogP contribution in [0.4, 0.5) is 10.1 Å². The lowest BCUT2D eigenvalue weighted by atomic mass is 10.1. The van der Waals surface area contributed by atoms with Crippen LogP contribution in [0.25, 0.3) is 11.3 Å². The molecule has 0 aliphatic rings. The molecule has 0 spiro atoms. The van der Waals surface area contributed by atoms with Crippen LogP contribution in [0.15, 0.2) is 48.5 Å². The lowest BCUT2D eigenvalue weighted by molar-refractivity contribution is 0.0686. The van der Waals surface area contributed by atoms with E-state index in [0.29, 0.717) is 16.7 Å². The van der Waals surface area contributed by atoms with Crippen LogP contribution in [0, 0.1) is 17.1 Å². The number of anilines is 1. The van der Waals surface area contributed by atoms with E-state index in [0.717, 1.165) is 4.68 Å². The zero-order valence-electron chi connectivity index (χ0n) is 15.1. The molecule has 1 aromatic heterocycles. The molecule has 0 amide bonds. The van der Waals surface area contributed by atoms with Crippen molar-refractivity contribution in [1.29, 1.82) is 5.26 Å². The molecule has 0 aliphatic heterocycles. The molecule has 148 valence electrons. The summed E-state index contributed by atoms with van der Waals surface area (Å²) >= 11 is 0. The lowest BCUT2D eigenvalue weighted by Gasteiger charge is -2.10. The second kappa shape index (κ2) is 7.73. The van der Waals surface area contributed by atoms with E-state index in [1.807, 2.05) is 6.07 Å². The van der Waals surface area contributed by atoms with E-state index in [1.165, 1.54) is 55.6 Å². The van der Waals surface area contributed by atoms with Crippen LogP contribution in [0.5, 0.6) is 0 Å². The molecule has 3 aromatic rings. The fraction of sp³-hybridized carbons (Fsp3) is 0.105.